The van der Waals surface area contributed by atoms with Crippen molar-refractivity contribution in [1.29, 1.82) is 0 Å². The van der Waals surface area contributed by atoms with Crippen molar-refractivity contribution in [2.24, 2.45) is 0 Å². The molecule has 1 fully saturated rings. The largest absolute Gasteiger partial charge is 0.467 e. The van der Waals surface area contributed by atoms with Crippen LogP contribution in [-0.2, 0) is 41.5 Å². The van der Waals surface area contributed by atoms with Crippen molar-refractivity contribution in [3.05, 3.63) is 143 Å². The van der Waals surface area contributed by atoms with Crippen LogP contribution in [0.4, 0.5) is 0 Å². The zero-order valence-electron chi connectivity index (χ0n) is 34.0. The van der Waals surface area contributed by atoms with Crippen LogP contribution in [0.1, 0.15) is 58.6 Å². The summed E-state index contributed by atoms with van der Waals surface area (Å²) < 4.78 is 10.6. The Morgan fingerprint density at radius 1 is 0.533 bits per heavy atom. The minimum Gasteiger partial charge on any atom is -0.467 e. The molecule has 308 valence electrons. The molecule has 12 nitrogen and oxygen atoms in total. The summed E-state index contributed by atoms with van der Waals surface area (Å²) in [4.78, 5) is 70.9. The number of rotatable bonds is 10. The number of amides is 2. The topological polar surface area (TPSA) is 131 Å². The summed E-state index contributed by atoms with van der Waals surface area (Å²) in [5.41, 5.74) is 7.72. The molecule has 4 atom stereocenters. The number of nitrogens with zero attached hydrogens (tertiary/aromatic N) is 4. The SMILES string of the molecule is COC(=O)C1Cc2c([nH]c3ccccc23)C(c2ccccc2)N1C(=O)CCN1CCN(CCC(=O)N2C(C(=O)OC)Cc3c([nH]c4ccccc34)C2c2ccccc2)CC1. The fourth-order valence-electron chi connectivity index (χ4n) is 9.80. The summed E-state index contributed by atoms with van der Waals surface area (Å²) in [5, 5.41) is 2.10. The van der Waals surface area contributed by atoms with E-state index in [0.717, 1.165) is 81.6 Å². The minimum atomic E-state index is -0.767. The highest BCUT2D eigenvalue weighted by Crippen LogP contribution is 2.43. The van der Waals surface area contributed by atoms with Crippen molar-refractivity contribution in [3.8, 4) is 0 Å². The van der Waals surface area contributed by atoms with Crippen molar-refractivity contribution < 1.29 is 28.7 Å². The van der Waals surface area contributed by atoms with Crippen LogP contribution >= 0.6 is 0 Å². The number of hydrogen-bond acceptors (Lipinski definition) is 8. The highest BCUT2D eigenvalue weighted by atomic mass is 16.5. The van der Waals surface area contributed by atoms with Crippen LogP contribution in [0.15, 0.2) is 109 Å². The average Bonchev–Trinajstić information content (AvgIpc) is 3.87. The molecule has 2 amide bonds. The van der Waals surface area contributed by atoms with E-state index in [4.69, 9.17) is 9.47 Å². The number of hydrogen-bond donors (Lipinski definition) is 2. The normalized spacial score (nSPS) is 20.8. The Hall–Kier alpha value is -6.24. The Morgan fingerprint density at radius 2 is 0.900 bits per heavy atom. The molecular formula is C48H50N6O6. The first-order valence-electron chi connectivity index (χ1n) is 20.9. The molecule has 0 spiro atoms. The third-order valence-electron chi connectivity index (χ3n) is 12.8. The second-order valence-corrected chi connectivity index (χ2v) is 16.0. The van der Waals surface area contributed by atoms with Gasteiger partial charge >= 0.3 is 11.9 Å². The fraction of sp³-hybridized carbons (Fsp3) is 0.333. The number of carbonyl (C=O) groups is 4. The number of H-pyrrole nitrogens is 2. The number of esters is 2. The predicted molar refractivity (Wildman–Crippen MR) is 228 cm³/mol. The first-order valence-corrected chi connectivity index (χ1v) is 20.9. The number of carbonyl (C=O) groups excluding carboxylic acids is 4. The molecule has 2 aromatic heterocycles. The Balaban J connectivity index is 0.875. The number of nitrogens with one attached hydrogen (secondary N) is 2. The third kappa shape index (κ3) is 7.24. The first kappa shape index (κ1) is 39.2. The summed E-state index contributed by atoms with van der Waals surface area (Å²) in [6.45, 7) is 4.01. The molecule has 3 aliphatic heterocycles. The van der Waals surface area contributed by atoms with E-state index < -0.39 is 36.1 Å². The average molecular weight is 807 g/mol. The van der Waals surface area contributed by atoms with Crippen molar-refractivity contribution in [2.45, 2.75) is 49.9 Å². The Kier molecular flexibility index (Phi) is 11.0. The maximum absolute atomic E-state index is 14.4. The molecule has 1 saturated heterocycles. The summed E-state index contributed by atoms with van der Waals surface area (Å²) in [7, 11) is 2.76. The van der Waals surface area contributed by atoms with E-state index in [-0.39, 0.29) is 24.7 Å². The molecular weight excluding hydrogens is 757 g/mol. The molecule has 4 aromatic carbocycles. The highest BCUT2D eigenvalue weighted by molar-refractivity contribution is 5.92. The molecule has 0 aliphatic carbocycles. The molecule has 3 aliphatic rings. The molecule has 5 heterocycles. The van der Waals surface area contributed by atoms with Gasteiger partial charge in [0.05, 0.1) is 26.3 Å². The van der Waals surface area contributed by atoms with E-state index in [1.807, 2.05) is 97.1 Å². The van der Waals surface area contributed by atoms with E-state index in [1.165, 1.54) is 14.2 Å². The van der Waals surface area contributed by atoms with Gasteiger partial charge in [0.1, 0.15) is 12.1 Å². The lowest BCUT2D eigenvalue weighted by Gasteiger charge is -2.42. The number of methoxy groups -OCH3 is 2. The quantitative estimate of drug-likeness (QED) is 0.167. The van der Waals surface area contributed by atoms with E-state index in [1.54, 1.807) is 9.80 Å². The van der Waals surface area contributed by atoms with Crippen molar-refractivity contribution in [3.63, 3.8) is 0 Å². The molecule has 0 saturated carbocycles. The van der Waals surface area contributed by atoms with E-state index in [0.29, 0.717) is 25.9 Å². The number of fused-ring (bicyclic) bond motifs is 6. The summed E-state index contributed by atoms with van der Waals surface area (Å²) in [6.07, 6.45) is 1.22. The van der Waals surface area contributed by atoms with Gasteiger partial charge in [-0.2, -0.15) is 0 Å². The minimum absolute atomic E-state index is 0.107. The first-order chi connectivity index (χ1) is 29.3. The van der Waals surface area contributed by atoms with Crippen molar-refractivity contribution in [2.75, 3.05) is 53.5 Å². The van der Waals surface area contributed by atoms with E-state index >= 15 is 0 Å². The molecule has 0 bridgehead atoms. The Labute approximate surface area is 349 Å². The van der Waals surface area contributed by atoms with Gasteiger partial charge in [0.2, 0.25) is 11.8 Å². The fourth-order valence-corrected chi connectivity index (χ4v) is 9.80. The second-order valence-electron chi connectivity index (χ2n) is 16.0. The summed E-state index contributed by atoms with van der Waals surface area (Å²) in [5.74, 6) is -1.07. The number of ether oxygens (including phenoxy) is 2. The lowest BCUT2D eigenvalue weighted by atomic mass is 9.87. The van der Waals surface area contributed by atoms with Crippen LogP contribution in [-0.4, -0.2) is 119 Å². The molecule has 0 radical (unpaired) electrons. The highest BCUT2D eigenvalue weighted by Gasteiger charge is 2.45. The van der Waals surface area contributed by atoms with Crippen molar-refractivity contribution in [1.82, 2.24) is 29.6 Å². The van der Waals surface area contributed by atoms with Crippen LogP contribution < -0.4 is 0 Å². The van der Waals surface area contributed by atoms with E-state index in [9.17, 15) is 19.2 Å². The number of para-hydroxylation sites is 2. The maximum atomic E-state index is 14.4. The molecule has 2 N–H and O–H groups in total. The molecule has 12 heteroatoms. The van der Waals surface area contributed by atoms with Gasteiger partial charge in [-0.05, 0) is 34.4 Å². The molecule has 9 rings (SSSR count). The Bertz CT molecular complexity index is 2350. The monoisotopic (exact) mass is 806 g/mol. The Morgan fingerprint density at radius 3 is 1.28 bits per heavy atom. The number of aromatic amines is 2. The van der Waals surface area contributed by atoms with Crippen LogP contribution in [0.3, 0.4) is 0 Å². The van der Waals surface area contributed by atoms with Crippen molar-refractivity contribution >= 4 is 45.6 Å². The summed E-state index contributed by atoms with van der Waals surface area (Å²) >= 11 is 0. The smallest absolute Gasteiger partial charge is 0.328 e. The molecule has 60 heavy (non-hydrogen) atoms. The van der Waals surface area contributed by atoms with Gasteiger partial charge in [0.15, 0.2) is 0 Å². The van der Waals surface area contributed by atoms with Crippen LogP contribution in [0.2, 0.25) is 0 Å². The number of aromatic nitrogens is 2. The summed E-state index contributed by atoms with van der Waals surface area (Å²) in [6, 6.07) is 33.4. The van der Waals surface area contributed by atoms with Crippen LogP contribution in [0.5, 0.6) is 0 Å². The van der Waals surface area contributed by atoms with Crippen LogP contribution in [0.25, 0.3) is 21.8 Å². The third-order valence-corrected chi connectivity index (χ3v) is 12.8. The molecule has 6 aromatic rings. The maximum Gasteiger partial charge on any atom is 0.328 e. The lowest BCUT2D eigenvalue weighted by Crippen LogP contribution is -2.53. The van der Waals surface area contributed by atoms with Gasteiger partial charge in [-0.25, -0.2) is 9.59 Å². The molecule has 4 unspecified atom stereocenters. The van der Waals surface area contributed by atoms with Gasteiger partial charge in [-0.1, -0.05) is 97.1 Å². The zero-order chi connectivity index (χ0) is 41.3. The lowest BCUT2D eigenvalue weighted by molar-refractivity contribution is -0.155. The van der Waals surface area contributed by atoms with E-state index in [2.05, 4.69) is 31.9 Å². The van der Waals surface area contributed by atoms with Gasteiger partial charge in [0.25, 0.3) is 0 Å². The second kappa shape index (κ2) is 16.8. The van der Waals surface area contributed by atoms with Gasteiger partial charge < -0.3 is 39.0 Å². The predicted octanol–water partition coefficient (Wildman–Crippen LogP) is 5.78. The zero-order valence-corrected chi connectivity index (χ0v) is 34.0. The standard InChI is InChI=1S/C48H50N6O6/c1-59-47(57)39-29-35-33-17-9-11-19-37(33)49-43(35)45(31-13-5-3-6-14-31)53(39)41(55)21-23-51-25-27-52(28-26-51)24-22-42(56)54-40(48(58)60-2)30-36-34-18-10-12-20-38(34)50-44(36)46(54)32-15-7-4-8-16-32/h3-20,39-40,45-46,49-50H,21-30H2,1-2H3. The van der Waals surface area contributed by atoms with Gasteiger partial charge in [-0.3, -0.25) is 9.59 Å². The number of piperazine rings is 1. The number of benzene rings is 4. The van der Waals surface area contributed by atoms with Gasteiger partial charge in [-0.15, -0.1) is 0 Å². The van der Waals surface area contributed by atoms with Crippen LogP contribution in [0, 0.1) is 0 Å². The van der Waals surface area contributed by atoms with Gasteiger partial charge in [0, 0.05) is 98.1 Å².